The largest absolute Gasteiger partial charge is 0.522 e. The first-order chi connectivity index (χ1) is 4.92. The van der Waals surface area contributed by atoms with Crippen LogP contribution in [0.4, 0.5) is 13.2 Å². The molecule has 0 spiro atoms. The molecule has 0 saturated heterocycles. The van der Waals surface area contributed by atoms with Crippen LogP contribution in [0, 0.1) is 0 Å². The summed E-state index contributed by atoms with van der Waals surface area (Å²) in [5, 5.41) is 8.42. The normalized spacial score (nSPS) is 15.0. The fourth-order valence-corrected chi connectivity index (χ4v) is 0.376. The Labute approximate surface area is 61.7 Å². The van der Waals surface area contributed by atoms with Crippen molar-refractivity contribution in [3.05, 3.63) is 0 Å². The second-order valence-corrected chi connectivity index (χ2v) is 1.76. The van der Waals surface area contributed by atoms with Gasteiger partial charge in [-0.05, 0) is 6.92 Å². The van der Waals surface area contributed by atoms with Crippen molar-refractivity contribution >= 4 is 0 Å². The zero-order chi connectivity index (χ0) is 8.91. The van der Waals surface area contributed by atoms with Gasteiger partial charge in [-0.2, -0.15) is 0 Å². The summed E-state index contributed by atoms with van der Waals surface area (Å²) in [5.74, 6) is 0. The molecule has 0 rings (SSSR count). The van der Waals surface area contributed by atoms with Gasteiger partial charge >= 0.3 is 6.36 Å². The zero-order valence-corrected chi connectivity index (χ0v) is 5.89. The van der Waals surface area contributed by atoms with Crippen molar-refractivity contribution in [1.82, 2.24) is 0 Å². The molecule has 1 unspecified atom stereocenters. The van der Waals surface area contributed by atoms with Gasteiger partial charge in [-0.1, -0.05) is 0 Å². The van der Waals surface area contributed by atoms with Crippen LogP contribution < -0.4 is 0 Å². The maximum atomic E-state index is 11.2. The first kappa shape index (κ1) is 10.7. The number of ether oxygens (including phenoxy) is 2. The van der Waals surface area contributed by atoms with E-state index in [-0.39, 0.29) is 6.61 Å². The fourth-order valence-electron chi connectivity index (χ4n) is 0.376. The molecule has 1 atom stereocenters. The molecule has 0 saturated carbocycles. The van der Waals surface area contributed by atoms with Gasteiger partial charge in [0.15, 0.2) is 6.29 Å². The maximum Gasteiger partial charge on any atom is 0.522 e. The summed E-state index contributed by atoms with van der Waals surface area (Å²) in [6.07, 6.45) is -5.69. The summed E-state index contributed by atoms with van der Waals surface area (Å²) in [7, 11) is 0. The van der Waals surface area contributed by atoms with E-state index in [0.29, 0.717) is 0 Å². The van der Waals surface area contributed by atoms with Crippen molar-refractivity contribution < 1.29 is 27.8 Å². The van der Waals surface area contributed by atoms with Gasteiger partial charge in [0.2, 0.25) is 0 Å². The van der Waals surface area contributed by atoms with E-state index in [1.807, 2.05) is 0 Å². The zero-order valence-electron chi connectivity index (χ0n) is 5.89. The van der Waals surface area contributed by atoms with Crippen LogP contribution in [0.25, 0.3) is 0 Å². The Kier molecular flexibility index (Phi) is 4.39. The lowest BCUT2D eigenvalue weighted by Gasteiger charge is -2.08. The third-order valence-corrected chi connectivity index (χ3v) is 0.708. The molecule has 0 aliphatic heterocycles. The molecular weight excluding hydrogens is 165 g/mol. The molecular formula is C5H9F3O3. The molecule has 0 aliphatic rings. The summed E-state index contributed by atoms with van der Waals surface area (Å²) in [6.45, 7) is 0.416. The molecule has 0 radical (unpaired) electrons. The third-order valence-electron chi connectivity index (χ3n) is 0.708. The highest BCUT2D eigenvalue weighted by Crippen LogP contribution is 2.15. The van der Waals surface area contributed by atoms with Crippen molar-refractivity contribution in [3.8, 4) is 0 Å². The topological polar surface area (TPSA) is 38.7 Å². The molecule has 0 aromatic heterocycles. The Morgan fingerprint density at radius 1 is 1.36 bits per heavy atom. The maximum absolute atomic E-state index is 11.2. The highest BCUT2D eigenvalue weighted by atomic mass is 19.4. The Morgan fingerprint density at radius 2 is 1.91 bits per heavy atom. The van der Waals surface area contributed by atoms with Crippen LogP contribution >= 0.6 is 0 Å². The van der Waals surface area contributed by atoms with Gasteiger partial charge in [0.25, 0.3) is 0 Å². The fraction of sp³-hybridized carbons (Fsp3) is 1.00. The lowest BCUT2D eigenvalue weighted by molar-refractivity contribution is -0.328. The van der Waals surface area contributed by atoms with Gasteiger partial charge < -0.3 is 9.84 Å². The predicted octanol–water partition coefficient (Wildman–Crippen LogP) is 0.878. The molecule has 0 aromatic carbocycles. The van der Waals surface area contributed by atoms with Crippen LogP contribution in [-0.4, -0.2) is 31.0 Å². The highest BCUT2D eigenvalue weighted by Gasteiger charge is 2.28. The number of halogens is 3. The summed E-state index contributed by atoms with van der Waals surface area (Å²) in [6, 6.07) is 0. The lowest BCUT2D eigenvalue weighted by Crippen LogP contribution is -2.19. The van der Waals surface area contributed by atoms with Gasteiger partial charge in [0.1, 0.15) is 0 Å². The van der Waals surface area contributed by atoms with E-state index in [0.717, 1.165) is 0 Å². The second kappa shape index (κ2) is 4.53. The van der Waals surface area contributed by atoms with Crippen molar-refractivity contribution in [2.24, 2.45) is 0 Å². The van der Waals surface area contributed by atoms with Gasteiger partial charge in [-0.25, -0.2) is 0 Å². The Morgan fingerprint density at radius 3 is 2.27 bits per heavy atom. The minimum Gasteiger partial charge on any atom is -0.368 e. The monoisotopic (exact) mass is 174 g/mol. The Hall–Kier alpha value is -0.330. The first-order valence-electron chi connectivity index (χ1n) is 2.92. The SMILES string of the molecule is CC(O)OCCOC(F)(F)F. The molecule has 0 fully saturated rings. The van der Waals surface area contributed by atoms with Crippen LogP contribution in [0.3, 0.4) is 0 Å². The van der Waals surface area contributed by atoms with Gasteiger partial charge in [0.05, 0.1) is 13.2 Å². The molecule has 0 aliphatic carbocycles. The van der Waals surface area contributed by atoms with E-state index in [4.69, 9.17) is 5.11 Å². The molecule has 0 aromatic rings. The van der Waals surface area contributed by atoms with Crippen molar-refractivity contribution in [2.75, 3.05) is 13.2 Å². The summed E-state index contributed by atoms with van der Waals surface area (Å²) < 4.78 is 41.4. The number of hydrogen-bond acceptors (Lipinski definition) is 3. The molecule has 6 heteroatoms. The van der Waals surface area contributed by atoms with Gasteiger partial charge in [0, 0.05) is 0 Å². The average molecular weight is 174 g/mol. The number of rotatable bonds is 4. The lowest BCUT2D eigenvalue weighted by atomic mass is 10.7. The van der Waals surface area contributed by atoms with Crippen LogP contribution in [0.1, 0.15) is 6.92 Å². The van der Waals surface area contributed by atoms with Crippen LogP contribution in [0.2, 0.25) is 0 Å². The average Bonchev–Trinajstić information content (AvgIpc) is 1.78. The Balaban J connectivity index is 3.15. The molecule has 68 valence electrons. The van der Waals surface area contributed by atoms with Gasteiger partial charge in [-0.15, -0.1) is 13.2 Å². The van der Waals surface area contributed by atoms with Crippen LogP contribution in [0.5, 0.6) is 0 Å². The standard InChI is InChI=1S/C5H9F3O3/c1-4(9)10-2-3-11-5(6,7)8/h4,9H,2-3H2,1H3. The minimum atomic E-state index is -4.62. The summed E-state index contributed by atoms with van der Waals surface area (Å²) in [4.78, 5) is 0. The first-order valence-corrected chi connectivity index (χ1v) is 2.92. The van der Waals surface area contributed by atoms with E-state index in [9.17, 15) is 13.2 Å². The molecule has 0 amide bonds. The number of hydrogen-bond donors (Lipinski definition) is 1. The summed E-state index contributed by atoms with van der Waals surface area (Å²) >= 11 is 0. The molecule has 3 nitrogen and oxygen atoms in total. The van der Waals surface area contributed by atoms with Crippen LogP contribution in [0.15, 0.2) is 0 Å². The number of aliphatic hydroxyl groups is 1. The second-order valence-electron chi connectivity index (χ2n) is 1.76. The molecule has 0 heterocycles. The van der Waals surface area contributed by atoms with E-state index in [2.05, 4.69) is 9.47 Å². The van der Waals surface area contributed by atoms with Gasteiger partial charge in [-0.3, -0.25) is 4.74 Å². The van der Waals surface area contributed by atoms with E-state index in [1.165, 1.54) is 6.92 Å². The number of alkyl halides is 3. The third kappa shape index (κ3) is 9.67. The van der Waals surface area contributed by atoms with Crippen molar-refractivity contribution in [1.29, 1.82) is 0 Å². The molecule has 1 N–H and O–H groups in total. The molecule has 11 heavy (non-hydrogen) atoms. The minimum absolute atomic E-state index is 0.281. The predicted molar refractivity (Wildman–Crippen MR) is 29.6 cm³/mol. The van der Waals surface area contributed by atoms with E-state index >= 15 is 0 Å². The quantitative estimate of drug-likeness (QED) is 0.507. The van der Waals surface area contributed by atoms with E-state index in [1.54, 1.807) is 0 Å². The van der Waals surface area contributed by atoms with Crippen molar-refractivity contribution in [3.63, 3.8) is 0 Å². The highest BCUT2D eigenvalue weighted by molar-refractivity contribution is 4.32. The summed E-state index contributed by atoms with van der Waals surface area (Å²) in [5.41, 5.74) is 0. The van der Waals surface area contributed by atoms with Crippen LogP contribution in [-0.2, 0) is 9.47 Å². The molecule has 0 bridgehead atoms. The smallest absolute Gasteiger partial charge is 0.368 e. The number of aliphatic hydroxyl groups excluding tert-OH is 1. The Bertz CT molecular complexity index is 102. The van der Waals surface area contributed by atoms with E-state index < -0.39 is 19.3 Å². The van der Waals surface area contributed by atoms with Crippen molar-refractivity contribution in [2.45, 2.75) is 19.6 Å².